The van der Waals surface area contributed by atoms with E-state index in [1.807, 2.05) is 37.3 Å². The Morgan fingerprint density at radius 3 is 2.54 bits per heavy atom. The minimum absolute atomic E-state index is 0.173. The van der Waals surface area contributed by atoms with Gasteiger partial charge in [-0.3, -0.25) is 19.1 Å². The predicted octanol–water partition coefficient (Wildman–Crippen LogP) is 2.33. The summed E-state index contributed by atoms with van der Waals surface area (Å²) in [5.41, 5.74) is 1.97. The Balaban J connectivity index is 1.59. The van der Waals surface area contributed by atoms with Crippen molar-refractivity contribution in [3.05, 3.63) is 72.6 Å². The van der Waals surface area contributed by atoms with Crippen molar-refractivity contribution < 1.29 is 9.59 Å². The molecule has 132 valence electrons. The molecule has 0 fully saturated rings. The number of benzene rings is 1. The lowest BCUT2D eigenvalue weighted by atomic mass is 10.3. The largest absolute Gasteiger partial charge is 0.350 e. The van der Waals surface area contributed by atoms with Crippen LogP contribution in [0.4, 0.5) is 5.69 Å². The molecule has 2 heterocycles. The summed E-state index contributed by atoms with van der Waals surface area (Å²) in [5.74, 6) is 0.271. The Morgan fingerprint density at radius 1 is 1.08 bits per heavy atom. The molecule has 3 aromatic rings. The van der Waals surface area contributed by atoms with Gasteiger partial charge in [0.2, 0.25) is 5.91 Å². The van der Waals surface area contributed by atoms with E-state index >= 15 is 0 Å². The van der Waals surface area contributed by atoms with Crippen LogP contribution in [0.1, 0.15) is 22.7 Å². The van der Waals surface area contributed by atoms with Crippen molar-refractivity contribution in [2.24, 2.45) is 0 Å². The van der Waals surface area contributed by atoms with Gasteiger partial charge in [0.1, 0.15) is 11.5 Å². The van der Waals surface area contributed by atoms with Crippen molar-refractivity contribution in [2.45, 2.75) is 13.3 Å². The minimum Gasteiger partial charge on any atom is -0.350 e. The predicted molar refractivity (Wildman–Crippen MR) is 98.1 cm³/mol. The molecule has 1 aromatic carbocycles. The van der Waals surface area contributed by atoms with Gasteiger partial charge >= 0.3 is 0 Å². The van der Waals surface area contributed by atoms with Crippen LogP contribution in [0.2, 0.25) is 0 Å². The molecule has 26 heavy (non-hydrogen) atoms. The van der Waals surface area contributed by atoms with E-state index in [1.165, 1.54) is 6.20 Å². The average molecular weight is 349 g/mol. The van der Waals surface area contributed by atoms with E-state index in [9.17, 15) is 9.59 Å². The number of aromatic nitrogens is 3. The van der Waals surface area contributed by atoms with E-state index in [2.05, 4.69) is 20.6 Å². The van der Waals surface area contributed by atoms with Gasteiger partial charge in [-0.25, -0.2) is 4.98 Å². The van der Waals surface area contributed by atoms with Crippen LogP contribution in [0.15, 0.2) is 61.1 Å². The molecule has 7 nitrogen and oxygen atoms in total. The molecule has 0 aliphatic rings. The zero-order valence-electron chi connectivity index (χ0n) is 14.3. The summed E-state index contributed by atoms with van der Waals surface area (Å²) in [6, 6.07) is 13.0. The summed E-state index contributed by atoms with van der Waals surface area (Å²) in [6.45, 7) is 2.07. The number of aryl methyl sites for hydroxylation is 1. The maximum absolute atomic E-state index is 12.5. The first-order valence-electron chi connectivity index (χ1n) is 8.23. The second kappa shape index (κ2) is 8.06. The fraction of sp³-hybridized carbons (Fsp3) is 0.158. The summed E-state index contributed by atoms with van der Waals surface area (Å²) in [6.07, 6.45) is 4.91. The van der Waals surface area contributed by atoms with Crippen LogP contribution in [0.5, 0.6) is 0 Å². The molecule has 0 radical (unpaired) electrons. The molecule has 0 aliphatic carbocycles. The summed E-state index contributed by atoms with van der Waals surface area (Å²) >= 11 is 0. The number of carbonyl (C=O) groups is 2. The molecule has 0 unspecified atom stereocenters. The molecular weight excluding hydrogens is 330 g/mol. The highest BCUT2D eigenvalue weighted by Gasteiger charge is 2.15. The van der Waals surface area contributed by atoms with Crippen molar-refractivity contribution in [1.29, 1.82) is 0 Å². The molecule has 0 saturated carbocycles. The number of amides is 2. The topological polar surface area (TPSA) is 88.9 Å². The number of imidazole rings is 1. The van der Waals surface area contributed by atoms with Gasteiger partial charge in [0.05, 0.1) is 6.20 Å². The lowest BCUT2D eigenvalue weighted by Crippen LogP contribution is -2.29. The highest BCUT2D eigenvalue weighted by molar-refractivity contribution is 5.94. The highest BCUT2D eigenvalue weighted by atomic mass is 16.2. The Kier molecular flexibility index (Phi) is 5.38. The van der Waals surface area contributed by atoms with Gasteiger partial charge in [-0.05, 0) is 31.2 Å². The molecule has 0 saturated heterocycles. The Morgan fingerprint density at radius 2 is 1.81 bits per heavy atom. The van der Waals surface area contributed by atoms with Crippen LogP contribution in [-0.2, 0) is 4.79 Å². The van der Waals surface area contributed by atoms with Gasteiger partial charge in [0.25, 0.3) is 5.91 Å². The maximum atomic E-state index is 12.5. The van der Waals surface area contributed by atoms with Gasteiger partial charge in [-0.1, -0.05) is 18.2 Å². The quantitative estimate of drug-likeness (QED) is 0.715. The van der Waals surface area contributed by atoms with Crippen molar-refractivity contribution >= 4 is 17.5 Å². The fourth-order valence-corrected chi connectivity index (χ4v) is 2.55. The molecule has 2 N–H and O–H groups in total. The van der Waals surface area contributed by atoms with E-state index in [0.717, 1.165) is 11.5 Å². The first kappa shape index (κ1) is 17.3. The zero-order chi connectivity index (χ0) is 18.4. The molecular formula is C19H19N5O2. The van der Waals surface area contributed by atoms with E-state index in [-0.39, 0.29) is 24.8 Å². The smallest absolute Gasteiger partial charge is 0.269 e. The monoisotopic (exact) mass is 349 g/mol. The van der Waals surface area contributed by atoms with Crippen LogP contribution in [0.25, 0.3) is 5.69 Å². The Labute approximate surface area is 151 Å². The molecule has 0 atom stereocenters. The summed E-state index contributed by atoms with van der Waals surface area (Å²) in [7, 11) is 0. The van der Waals surface area contributed by atoms with E-state index in [0.29, 0.717) is 11.4 Å². The molecule has 0 spiro atoms. The number of anilines is 1. The second-order valence-corrected chi connectivity index (χ2v) is 5.65. The number of pyridine rings is 1. The number of nitrogens with zero attached hydrogens (tertiary/aromatic N) is 3. The van der Waals surface area contributed by atoms with Gasteiger partial charge in [0, 0.05) is 36.7 Å². The fourth-order valence-electron chi connectivity index (χ4n) is 2.55. The molecule has 2 aromatic heterocycles. The van der Waals surface area contributed by atoms with Crippen molar-refractivity contribution in [2.75, 3.05) is 11.9 Å². The van der Waals surface area contributed by atoms with Crippen LogP contribution in [0, 0.1) is 6.92 Å². The lowest BCUT2D eigenvalue weighted by molar-refractivity contribution is -0.116. The number of hydrogen-bond donors (Lipinski definition) is 2. The van der Waals surface area contributed by atoms with Crippen molar-refractivity contribution in [3.63, 3.8) is 0 Å². The standard InChI is InChI=1S/C19H19N5O2/c1-14-22-13-17(24(14)16-5-3-2-4-6-16)19(26)21-12-9-18(25)23-15-7-10-20-11-8-15/h2-8,10-11,13H,9,12H2,1H3,(H,21,26)(H,20,23,25). The third-order valence-electron chi connectivity index (χ3n) is 3.79. The van der Waals surface area contributed by atoms with Crippen LogP contribution in [-0.4, -0.2) is 32.9 Å². The number of carbonyl (C=O) groups excluding carboxylic acids is 2. The van der Waals surface area contributed by atoms with Crippen LogP contribution >= 0.6 is 0 Å². The Bertz CT molecular complexity index is 891. The van der Waals surface area contributed by atoms with Crippen molar-refractivity contribution in [1.82, 2.24) is 19.9 Å². The number of hydrogen-bond acceptors (Lipinski definition) is 4. The van der Waals surface area contributed by atoms with Crippen molar-refractivity contribution in [3.8, 4) is 5.69 Å². The maximum Gasteiger partial charge on any atom is 0.269 e. The van der Waals surface area contributed by atoms with Gasteiger partial charge in [-0.2, -0.15) is 0 Å². The highest BCUT2D eigenvalue weighted by Crippen LogP contribution is 2.14. The van der Waals surface area contributed by atoms with Crippen LogP contribution in [0.3, 0.4) is 0 Å². The van der Waals surface area contributed by atoms with Gasteiger partial charge < -0.3 is 10.6 Å². The average Bonchev–Trinajstić information content (AvgIpc) is 3.05. The minimum atomic E-state index is -0.272. The molecule has 0 aliphatic heterocycles. The Hall–Kier alpha value is -3.48. The third-order valence-corrected chi connectivity index (χ3v) is 3.79. The molecule has 0 bridgehead atoms. The molecule has 3 rings (SSSR count). The number of nitrogens with one attached hydrogen (secondary N) is 2. The zero-order valence-corrected chi connectivity index (χ0v) is 14.3. The first-order chi connectivity index (χ1) is 12.6. The summed E-state index contributed by atoms with van der Waals surface area (Å²) in [5, 5.41) is 5.52. The first-order valence-corrected chi connectivity index (χ1v) is 8.23. The molecule has 2 amide bonds. The summed E-state index contributed by atoms with van der Waals surface area (Å²) < 4.78 is 1.78. The lowest BCUT2D eigenvalue weighted by Gasteiger charge is -2.10. The SMILES string of the molecule is Cc1ncc(C(=O)NCCC(=O)Nc2ccncc2)n1-c1ccccc1. The summed E-state index contributed by atoms with van der Waals surface area (Å²) in [4.78, 5) is 32.5. The molecule has 7 heteroatoms. The van der Waals surface area contributed by atoms with Crippen LogP contribution < -0.4 is 10.6 Å². The van der Waals surface area contributed by atoms with Gasteiger partial charge in [-0.15, -0.1) is 0 Å². The second-order valence-electron chi connectivity index (χ2n) is 5.65. The normalized spacial score (nSPS) is 10.3. The van der Waals surface area contributed by atoms with E-state index < -0.39 is 0 Å². The number of rotatable bonds is 6. The number of para-hydroxylation sites is 1. The van der Waals surface area contributed by atoms with E-state index in [1.54, 1.807) is 29.1 Å². The van der Waals surface area contributed by atoms with E-state index in [4.69, 9.17) is 0 Å². The van der Waals surface area contributed by atoms with Gasteiger partial charge in [0.15, 0.2) is 0 Å². The third kappa shape index (κ3) is 4.13.